The molecule has 1 saturated carbocycles. The predicted octanol–water partition coefficient (Wildman–Crippen LogP) is 5.53. The standard InChI is InChI=1S/C32H43N3O2/c1-23-14-15-27(24(2)18-23)30(37)35-21-31(3)19-34(20-32(31,4)22-35)17-16-28(25-10-6-5-7-11-25)33-29(36)26-12-8-9-13-26/h5-7,10-11,14-15,18,26,28H,8-9,12-13,16-17,19-22H2,1-4H3,(H,33,36)/t28-,31?,32?/m0/s1. The highest BCUT2D eigenvalue weighted by atomic mass is 16.2. The average molecular weight is 502 g/mol. The summed E-state index contributed by atoms with van der Waals surface area (Å²) in [6, 6.07) is 16.6. The Morgan fingerprint density at radius 1 is 0.946 bits per heavy atom. The largest absolute Gasteiger partial charge is 0.349 e. The van der Waals surface area contributed by atoms with Gasteiger partial charge in [-0.25, -0.2) is 0 Å². The highest BCUT2D eigenvalue weighted by Crippen LogP contribution is 2.52. The van der Waals surface area contributed by atoms with Crippen molar-refractivity contribution in [1.29, 1.82) is 0 Å². The minimum absolute atomic E-state index is 0.0398. The molecule has 2 unspecified atom stereocenters. The second kappa shape index (κ2) is 10.2. The lowest BCUT2D eigenvalue weighted by Crippen LogP contribution is -2.38. The van der Waals surface area contributed by atoms with Crippen LogP contribution < -0.4 is 5.32 Å². The Morgan fingerprint density at radius 3 is 2.22 bits per heavy atom. The molecule has 3 atom stereocenters. The number of hydrogen-bond donors (Lipinski definition) is 1. The summed E-state index contributed by atoms with van der Waals surface area (Å²) in [5, 5.41) is 3.40. The number of benzene rings is 2. The predicted molar refractivity (Wildman–Crippen MR) is 148 cm³/mol. The zero-order chi connectivity index (χ0) is 26.2. The highest BCUT2D eigenvalue weighted by molar-refractivity contribution is 5.96. The van der Waals surface area contributed by atoms with Gasteiger partial charge in [0.1, 0.15) is 0 Å². The van der Waals surface area contributed by atoms with Gasteiger partial charge in [0, 0.05) is 55.0 Å². The summed E-state index contributed by atoms with van der Waals surface area (Å²) in [5.74, 6) is 0.569. The van der Waals surface area contributed by atoms with E-state index in [2.05, 4.69) is 66.2 Å². The van der Waals surface area contributed by atoms with E-state index < -0.39 is 0 Å². The topological polar surface area (TPSA) is 52.7 Å². The molecule has 198 valence electrons. The van der Waals surface area contributed by atoms with Crippen molar-refractivity contribution in [3.05, 3.63) is 70.8 Å². The summed E-state index contributed by atoms with van der Waals surface area (Å²) < 4.78 is 0. The first kappa shape index (κ1) is 26.0. The molecule has 0 spiro atoms. The van der Waals surface area contributed by atoms with Crippen LogP contribution in [-0.2, 0) is 4.79 Å². The fraction of sp³-hybridized carbons (Fsp3) is 0.562. The molecular formula is C32H43N3O2. The number of carbonyl (C=O) groups excluding carboxylic acids is 2. The molecule has 2 aromatic rings. The second-order valence-corrected chi connectivity index (χ2v) is 12.6. The number of rotatable bonds is 7. The van der Waals surface area contributed by atoms with Crippen LogP contribution in [0.4, 0.5) is 0 Å². The van der Waals surface area contributed by atoms with Crippen molar-refractivity contribution in [2.24, 2.45) is 16.7 Å². The van der Waals surface area contributed by atoms with E-state index in [-0.39, 0.29) is 34.6 Å². The zero-order valence-corrected chi connectivity index (χ0v) is 23.1. The first-order valence-electron chi connectivity index (χ1n) is 14.1. The maximum atomic E-state index is 13.4. The lowest BCUT2D eigenvalue weighted by molar-refractivity contribution is -0.125. The Hall–Kier alpha value is -2.66. The van der Waals surface area contributed by atoms with E-state index in [9.17, 15) is 9.59 Å². The molecule has 1 N–H and O–H groups in total. The summed E-state index contributed by atoms with van der Waals surface area (Å²) in [4.78, 5) is 31.1. The minimum Gasteiger partial charge on any atom is -0.349 e. The lowest BCUT2D eigenvalue weighted by atomic mass is 9.71. The number of nitrogens with one attached hydrogen (secondary N) is 1. The normalized spacial score (nSPS) is 26.9. The van der Waals surface area contributed by atoms with Crippen molar-refractivity contribution < 1.29 is 9.59 Å². The number of fused-ring (bicyclic) bond motifs is 1. The lowest BCUT2D eigenvalue weighted by Gasteiger charge is -2.30. The van der Waals surface area contributed by atoms with E-state index in [1.807, 2.05) is 25.1 Å². The fourth-order valence-corrected chi connectivity index (χ4v) is 7.13. The Bertz CT molecular complexity index is 1120. The Kier molecular flexibility index (Phi) is 7.19. The fourth-order valence-electron chi connectivity index (χ4n) is 7.13. The molecule has 5 heteroatoms. The third-order valence-corrected chi connectivity index (χ3v) is 9.56. The van der Waals surface area contributed by atoms with Crippen LogP contribution in [0.25, 0.3) is 0 Å². The molecule has 2 heterocycles. The molecule has 3 fully saturated rings. The van der Waals surface area contributed by atoms with Gasteiger partial charge >= 0.3 is 0 Å². The quantitative estimate of drug-likeness (QED) is 0.543. The molecule has 0 aromatic heterocycles. The molecule has 2 aromatic carbocycles. The third-order valence-electron chi connectivity index (χ3n) is 9.56. The molecule has 2 amide bonds. The number of hydrogen-bond acceptors (Lipinski definition) is 3. The number of nitrogens with zero attached hydrogens (tertiary/aromatic N) is 2. The summed E-state index contributed by atoms with van der Waals surface area (Å²) in [7, 11) is 0. The van der Waals surface area contributed by atoms with Gasteiger partial charge in [0.2, 0.25) is 5.91 Å². The molecule has 0 bridgehead atoms. The molecule has 3 aliphatic rings. The van der Waals surface area contributed by atoms with Crippen LogP contribution in [-0.4, -0.2) is 54.3 Å². The van der Waals surface area contributed by atoms with Crippen LogP contribution in [0, 0.1) is 30.6 Å². The van der Waals surface area contributed by atoms with E-state index in [1.54, 1.807) is 0 Å². The van der Waals surface area contributed by atoms with Gasteiger partial charge in [0.05, 0.1) is 6.04 Å². The molecule has 1 aliphatic carbocycles. The monoisotopic (exact) mass is 501 g/mol. The van der Waals surface area contributed by atoms with Gasteiger partial charge in [0.15, 0.2) is 0 Å². The van der Waals surface area contributed by atoms with Gasteiger partial charge in [-0.05, 0) is 50.3 Å². The third kappa shape index (κ3) is 5.20. The maximum absolute atomic E-state index is 13.4. The van der Waals surface area contributed by atoms with Crippen molar-refractivity contribution in [3.8, 4) is 0 Å². The van der Waals surface area contributed by atoms with Gasteiger partial charge < -0.3 is 15.1 Å². The molecule has 5 nitrogen and oxygen atoms in total. The van der Waals surface area contributed by atoms with Gasteiger partial charge in [0.25, 0.3) is 5.91 Å². The van der Waals surface area contributed by atoms with Crippen LogP contribution >= 0.6 is 0 Å². The number of carbonyl (C=O) groups is 2. The molecule has 2 saturated heterocycles. The van der Waals surface area contributed by atoms with Crippen molar-refractivity contribution >= 4 is 11.8 Å². The van der Waals surface area contributed by atoms with Crippen molar-refractivity contribution in [3.63, 3.8) is 0 Å². The summed E-state index contributed by atoms with van der Waals surface area (Å²) >= 11 is 0. The first-order valence-corrected chi connectivity index (χ1v) is 14.1. The van der Waals surface area contributed by atoms with Gasteiger partial charge in [-0.2, -0.15) is 0 Å². The van der Waals surface area contributed by atoms with E-state index in [0.717, 1.165) is 63.1 Å². The van der Waals surface area contributed by atoms with E-state index in [1.165, 1.54) is 24.0 Å². The van der Waals surface area contributed by atoms with Crippen molar-refractivity contribution in [1.82, 2.24) is 15.1 Å². The van der Waals surface area contributed by atoms with Crippen LogP contribution in [0.5, 0.6) is 0 Å². The number of likely N-dealkylation sites (tertiary alicyclic amines) is 2. The number of amides is 2. The molecule has 5 rings (SSSR count). The molecule has 0 radical (unpaired) electrons. The Balaban J connectivity index is 1.23. The molecular weight excluding hydrogens is 458 g/mol. The molecule has 37 heavy (non-hydrogen) atoms. The number of aryl methyl sites for hydroxylation is 2. The minimum atomic E-state index is 0.0398. The smallest absolute Gasteiger partial charge is 0.254 e. The SMILES string of the molecule is Cc1ccc(C(=O)N2CC3(C)CN(CC[C@H](NC(=O)C4CCCC4)c4ccccc4)CC3(C)C2)c(C)c1. The van der Waals surface area contributed by atoms with Gasteiger partial charge in [-0.15, -0.1) is 0 Å². The van der Waals surface area contributed by atoms with E-state index >= 15 is 0 Å². The summed E-state index contributed by atoms with van der Waals surface area (Å²) in [6.07, 6.45) is 5.28. The van der Waals surface area contributed by atoms with E-state index in [4.69, 9.17) is 0 Å². The molecule has 2 aliphatic heterocycles. The van der Waals surface area contributed by atoms with Gasteiger partial charge in [-0.1, -0.05) is 74.7 Å². The highest BCUT2D eigenvalue weighted by Gasteiger charge is 2.58. The van der Waals surface area contributed by atoms with Crippen molar-refractivity contribution in [2.75, 3.05) is 32.7 Å². The van der Waals surface area contributed by atoms with Crippen LogP contribution in [0.1, 0.15) is 79.0 Å². The Labute approximate surface area is 222 Å². The zero-order valence-electron chi connectivity index (χ0n) is 23.1. The average Bonchev–Trinajstić information content (AvgIpc) is 3.54. The van der Waals surface area contributed by atoms with Crippen molar-refractivity contribution in [2.45, 2.75) is 65.8 Å². The van der Waals surface area contributed by atoms with Crippen LogP contribution in [0.2, 0.25) is 0 Å². The maximum Gasteiger partial charge on any atom is 0.254 e. The van der Waals surface area contributed by atoms with E-state index in [0.29, 0.717) is 0 Å². The summed E-state index contributed by atoms with van der Waals surface area (Å²) in [6.45, 7) is 13.3. The second-order valence-electron chi connectivity index (χ2n) is 12.6. The first-order chi connectivity index (χ1) is 17.7. The summed E-state index contributed by atoms with van der Waals surface area (Å²) in [5.41, 5.74) is 4.41. The van der Waals surface area contributed by atoms with Gasteiger partial charge in [-0.3, -0.25) is 9.59 Å². The van der Waals surface area contributed by atoms with Crippen LogP contribution in [0.3, 0.4) is 0 Å². The van der Waals surface area contributed by atoms with Crippen LogP contribution in [0.15, 0.2) is 48.5 Å². The Morgan fingerprint density at radius 2 is 1.59 bits per heavy atom.